The van der Waals surface area contributed by atoms with Crippen molar-refractivity contribution >= 4 is 17.2 Å². The lowest BCUT2D eigenvalue weighted by molar-refractivity contribution is 0.405. The Morgan fingerprint density at radius 1 is 1.67 bits per heavy atom. The minimum absolute atomic E-state index is 0.637. The fourth-order valence-corrected chi connectivity index (χ4v) is 1.47. The van der Waals surface area contributed by atoms with E-state index in [0.717, 1.165) is 10.6 Å². The molecule has 2 nitrogen and oxygen atoms in total. The minimum atomic E-state index is 0.637. The fraction of sp³-hybridized carbons (Fsp3) is 0.222. The standard InChI is InChI=1S/C9H11NOS/c1-7(2)10-9(11-3)8-5-4-6-12-8/h4-6H,1H2,2-3H3. The van der Waals surface area contributed by atoms with Gasteiger partial charge in [0.25, 0.3) is 0 Å². The Labute approximate surface area is 76.2 Å². The first kappa shape index (κ1) is 9.00. The molecule has 0 fully saturated rings. The van der Waals surface area contributed by atoms with E-state index in [0.29, 0.717) is 5.90 Å². The Kier molecular flexibility index (Phi) is 3.05. The summed E-state index contributed by atoms with van der Waals surface area (Å²) in [6.07, 6.45) is 0. The van der Waals surface area contributed by atoms with E-state index in [1.165, 1.54) is 0 Å². The number of aliphatic imine (C=N–C) groups is 1. The van der Waals surface area contributed by atoms with Crippen LogP contribution in [-0.4, -0.2) is 13.0 Å². The number of nitrogens with zero attached hydrogens (tertiary/aromatic N) is 1. The van der Waals surface area contributed by atoms with Crippen LogP contribution < -0.4 is 0 Å². The van der Waals surface area contributed by atoms with Crippen LogP contribution in [0.15, 0.2) is 34.8 Å². The zero-order chi connectivity index (χ0) is 8.97. The third-order valence-electron chi connectivity index (χ3n) is 1.22. The molecule has 1 heterocycles. The molecule has 1 aromatic rings. The highest BCUT2D eigenvalue weighted by Crippen LogP contribution is 2.11. The second-order valence-corrected chi connectivity index (χ2v) is 3.28. The van der Waals surface area contributed by atoms with Gasteiger partial charge in [-0.15, -0.1) is 11.3 Å². The van der Waals surface area contributed by atoms with Gasteiger partial charge >= 0.3 is 0 Å². The van der Waals surface area contributed by atoms with Gasteiger partial charge in [0.1, 0.15) is 0 Å². The van der Waals surface area contributed by atoms with Gasteiger partial charge in [0.05, 0.1) is 12.0 Å². The third-order valence-corrected chi connectivity index (χ3v) is 2.08. The number of rotatable bonds is 2. The highest BCUT2D eigenvalue weighted by Gasteiger charge is 2.02. The molecule has 0 bridgehead atoms. The zero-order valence-corrected chi connectivity index (χ0v) is 8.02. The van der Waals surface area contributed by atoms with Gasteiger partial charge in [-0.05, 0) is 18.4 Å². The maximum atomic E-state index is 5.11. The molecule has 0 saturated carbocycles. The lowest BCUT2D eigenvalue weighted by Gasteiger charge is -2.00. The van der Waals surface area contributed by atoms with Crippen LogP contribution >= 0.6 is 11.3 Å². The fourth-order valence-electron chi connectivity index (χ4n) is 0.775. The van der Waals surface area contributed by atoms with Crippen molar-refractivity contribution in [1.29, 1.82) is 0 Å². The SMILES string of the molecule is C=C(C)N=C(OC)c1cccs1. The molecule has 0 aliphatic rings. The van der Waals surface area contributed by atoms with Crippen molar-refractivity contribution in [3.8, 4) is 0 Å². The van der Waals surface area contributed by atoms with Gasteiger partial charge in [-0.3, -0.25) is 0 Å². The quantitative estimate of drug-likeness (QED) is 0.507. The summed E-state index contributed by atoms with van der Waals surface area (Å²) in [5.41, 5.74) is 0.750. The summed E-state index contributed by atoms with van der Waals surface area (Å²) in [7, 11) is 1.61. The average Bonchev–Trinajstić information content (AvgIpc) is 2.51. The molecule has 0 spiro atoms. The van der Waals surface area contributed by atoms with Gasteiger partial charge in [-0.2, -0.15) is 0 Å². The van der Waals surface area contributed by atoms with Gasteiger partial charge in [-0.1, -0.05) is 12.6 Å². The van der Waals surface area contributed by atoms with Crippen molar-refractivity contribution in [3.05, 3.63) is 34.7 Å². The van der Waals surface area contributed by atoms with Crippen LogP contribution in [0.3, 0.4) is 0 Å². The van der Waals surface area contributed by atoms with Gasteiger partial charge in [0, 0.05) is 5.70 Å². The second-order valence-electron chi connectivity index (χ2n) is 2.33. The molecule has 0 amide bonds. The van der Waals surface area contributed by atoms with E-state index >= 15 is 0 Å². The van der Waals surface area contributed by atoms with Crippen molar-refractivity contribution in [1.82, 2.24) is 0 Å². The topological polar surface area (TPSA) is 21.6 Å². The van der Waals surface area contributed by atoms with E-state index in [4.69, 9.17) is 4.74 Å². The molecule has 3 heteroatoms. The Hall–Kier alpha value is -1.09. The molecule has 0 N–H and O–H groups in total. The van der Waals surface area contributed by atoms with Crippen molar-refractivity contribution in [2.75, 3.05) is 7.11 Å². The first-order chi connectivity index (χ1) is 5.74. The maximum absolute atomic E-state index is 5.11. The number of allylic oxidation sites excluding steroid dienone is 1. The number of methoxy groups -OCH3 is 1. The van der Waals surface area contributed by atoms with Crippen molar-refractivity contribution in [3.63, 3.8) is 0 Å². The molecule has 0 radical (unpaired) electrons. The van der Waals surface area contributed by atoms with E-state index in [1.54, 1.807) is 18.4 Å². The molecule has 64 valence electrons. The summed E-state index contributed by atoms with van der Waals surface area (Å²) in [5, 5.41) is 1.99. The Morgan fingerprint density at radius 2 is 2.42 bits per heavy atom. The smallest absolute Gasteiger partial charge is 0.231 e. The summed E-state index contributed by atoms with van der Waals surface area (Å²) >= 11 is 1.60. The summed E-state index contributed by atoms with van der Waals surface area (Å²) in [5.74, 6) is 0.637. The molecular weight excluding hydrogens is 170 g/mol. The largest absolute Gasteiger partial charge is 0.480 e. The molecule has 0 unspecified atom stereocenters. The Morgan fingerprint density at radius 3 is 2.83 bits per heavy atom. The van der Waals surface area contributed by atoms with Crippen LogP contribution in [0.1, 0.15) is 11.8 Å². The van der Waals surface area contributed by atoms with E-state index in [9.17, 15) is 0 Å². The Balaban J connectivity index is 2.91. The van der Waals surface area contributed by atoms with Crippen LogP contribution in [0.4, 0.5) is 0 Å². The molecule has 1 rings (SSSR count). The van der Waals surface area contributed by atoms with Crippen LogP contribution in [0.2, 0.25) is 0 Å². The van der Waals surface area contributed by atoms with Gasteiger partial charge in [0.2, 0.25) is 5.90 Å². The molecule has 12 heavy (non-hydrogen) atoms. The number of hydrogen-bond donors (Lipinski definition) is 0. The maximum Gasteiger partial charge on any atom is 0.231 e. The monoisotopic (exact) mass is 181 g/mol. The molecule has 0 saturated heterocycles. The molecule has 1 aromatic heterocycles. The van der Waals surface area contributed by atoms with E-state index in [2.05, 4.69) is 11.6 Å². The predicted molar refractivity (Wildman–Crippen MR) is 52.7 cm³/mol. The van der Waals surface area contributed by atoms with Crippen LogP contribution in [0.5, 0.6) is 0 Å². The van der Waals surface area contributed by atoms with Crippen molar-refractivity contribution in [2.45, 2.75) is 6.92 Å². The predicted octanol–water partition coefficient (Wildman–Crippen LogP) is 2.67. The van der Waals surface area contributed by atoms with E-state index in [-0.39, 0.29) is 0 Å². The summed E-state index contributed by atoms with van der Waals surface area (Å²) in [6, 6.07) is 3.93. The van der Waals surface area contributed by atoms with E-state index in [1.807, 2.05) is 24.4 Å². The highest BCUT2D eigenvalue weighted by atomic mass is 32.1. The molecule has 0 aromatic carbocycles. The molecular formula is C9H11NOS. The molecule has 0 aliphatic heterocycles. The minimum Gasteiger partial charge on any atom is -0.480 e. The zero-order valence-electron chi connectivity index (χ0n) is 7.20. The Bertz CT molecular complexity index is 287. The summed E-state index contributed by atoms with van der Waals surface area (Å²) in [4.78, 5) is 5.18. The molecule has 0 atom stereocenters. The normalized spacial score (nSPS) is 11.3. The third kappa shape index (κ3) is 2.20. The van der Waals surface area contributed by atoms with Gasteiger partial charge in [-0.25, -0.2) is 4.99 Å². The number of hydrogen-bond acceptors (Lipinski definition) is 3. The summed E-state index contributed by atoms with van der Waals surface area (Å²) in [6.45, 7) is 5.53. The van der Waals surface area contributed by atoms with Gasteiger partial charge in [0.15, 0.2) is 0 Å². The van der Waals surface area contributed by atoms with Crippen molar-refractivity contribution < 1.29 is 4.74 Å². The van der Waals surface area contributed by atoms with E-state index < -0.39 is 0 Å². The number of thiophene rings is 1. The molecule has 0 aliphatic carbocycles. The first-order valence-corrected chi connectivity index (χ1v) is 4.44. The van der Waals surface area contributed by atoms with Crippen LogP contribution in [-0.2, 0) is 4.74 Å². The van der Waals surface area contributed by atoms with Crippen LogP contribution in [0, 0.1) is 0 Å². The highest BCUT2D eigenvalue weighted by molar-refractivity contribution is 7.12. The number of ether oxygens (including phenoxy) is 1. The van der Waals surface area contributed by atoms with Crippen LogP contribution in [0.25, 0.3) is 0 Å². The van der Waals surface area contributed by atoms with Gasteiger partial charge < -0.3 is 4.74 Å². The first-order valence-electron chi connectivity index (χ1n) is 3.56. The lowest BCUT2D eigenvalue weighted by Crippen LogP contribution is -2.00. The lowest BCUT2D eigenvalue weighted by atomic mass is 10.4. The second kappa shape index (κ2) is 4.07. The summed E-state index contributed by atoms with van der Waals surface area (Å²) < 4.78 is 5.11. The average molecular weight is 181 g/mol. The van der Waals surface area contributed by atoms with Crippen molar-refractivity contribution in [2.24, 2.45) is 4.99 Å².